The number of aryl methyl sites for hydroxylation is 2. The van der Waals surface area contributed by atoms with E-state index in [1.807, 2.05) is 20.0 Å². The predicted octanol–water partition coefficient (Wildman–Crippen LogP) is 0.291. The molecule has 1 rings (SSSR count). The normalized spacial score (nSPS) is 12.8. The first-order valence-corrected chi connectivity index (χ1v) is 4.46. The molecule has 0 fully saturated rings. The topological polar surface area (TPSA) is 67.2 Å². The van der Waals surface area contributed by atoms with Gasteiger partial charge in [0, 0.05) is 13.6 Å². The monoisotopic (exact) mass is 197 g/mol. The van der Waals surface area contributed by atoms with Gasteiger partial charge in [-0.2, -0.15) is 5.10 Å². The van der Waals surface area contributed by atoms with Gasteiger partial charge in [0.1, 0.15) is 6.04 Å². The van der Waals surface area contributed by atoms with Crippen molar-refractivity contribution in [2.45, 2.75) is 26.4 Å². The second-order valence-electron chi connectivity index (χ2n) is 3.34. The van der Waals surface area contributed by atoms with Crippen molar-refractivity contribution in [3.63, 3.8) is 0 Å². The molecule has 1 aromatic rings. The highest BCUT2D eigenvalue weighted by molar-refractivity contribution is 5.72. The molecule has 1 unspecified atom stereocenters. The molecule has 1 heterocycles. The van der Waals surface area contributed by atoms with E-state index < -0.39 is 12.0 Å². The molecule has 1 atom stereocenters. The summed E-state index contributed by atoms with van der Waals surface area (Å²) in [4.78, 5) is 10.5. The number of carbonyl (C=O) groups is 1. The molecule has 0 saturated heterocycles. The van der Waals surface area contributed by atoms with Gasteiger partial charge in [0.05, 0.1) is 11.4 Å². The van der Waals surface area contributed by atoms with Crippen LogP contribution in [-0.4, -0.2) is 26.9 Å². The third kappa shape index (κ3) is 2.56. The molecule has 5 heteroatoms. The van der Waals surface area contributed by atoms with E-state index in [4.69, 9.17) is 5.11 Å². The molecule has 0 saturated carbocycles. The second kappa shape index (κ2) is 4.23. The Kier molecular flexibility index (Phi) is 3.24. The van der Waals surface area contributed by atoms with Crippen molar-refractivity contribution in [1.82, 2.24) is 15.1 Å². The first kappa shape index (κ1) is 10.7. The number of aromatic nitrogens is 2. The highest BCUT2D eigenvalue weighted by Crippen LogP contribution is 2.01. The molecule has 0 radical (unpaired) electrons. The van der Waals surface area contributed by atoms with Crippen LogP contribution >= 0.6 is 0 Å². The van der Waals surface area contributed by atoms with Gasteiger partial charge in [-0.25, -0.2) is 0 Å². The maximum Gasteiger partial charge on any atom is 0.320 e. The van der Waals surface area contributed by atoms with Crippen LogP contribution in [0.1, 0.15) is 18.3 Å². The van der Waals surface area contributed by atoms with E-state index in [0.717, 1.165) is 11.4 Å². The van der Waals surface area contributed by atoms with E-state index in [9.17, 15) is 4.79 Å². The van der Waals surface area contributed by atoms with Crippen molar-refractivity contribution < 1.29 is 9.90 Å². The van der Waals surface area contributed by atoms with Gasteiger partial charge in [-0.15, -0.1) is 0 Å². The van der Waals surface area contributed by atoms with Crippen LogP contribution in [0.4, 0.5) is 0 Å². The lowest BCUT2D eigenvalue weighted by atomic mass is 10.3. The van der Waals surface area contributed by atoms with Crippen LogP contribution in [0.3, 0.4) is 0 Å². The van der Waals surface area contributed by atoms with Crippen LogP contribution in [-0.2, 0) is 18.4 Å². The van der Waals surface area contributed by atoms with Gasteiger partial charge < -0.3 is 5.11 Å². The summed E-state index contributed by atoms with van der Waals surface area (Å²) in [6.07, 6.45) is 0. The lowest BCUT2D eigenvalue weighted by Crippen LogP contribution is -2.33. The van der Waals surface area contributed by atoms with Crippen LogP contribution in [0.25, 0.3) is 0 Å². The Morgan fingerprint density at radius 3 is 2.86 bits per heavy atom. The van der Waals surface area contributed by atoms with Gasteiger partial charge in [-0.05, 0) is 19.9 Å². The van der Waals surface area contributed by atoms with Crippen molar-refractivity contribution in [2.24, 2.45) is 7.05 Å². The molecule has 1 aromatic heterocycles. The summed E-state index contributed by atoms with van der Waals surface area (Å²) in [6.45, 7) is 4.04. The molecule has 5 nitrogen and oxygen atoms in total. The van der Waals surface area contributed by atoms with Crippen LogP contribution in [0.15, 0.2) is 6.07 Å². The van der Waals surface area contributed by atoms with Crippen LogP contribution in [0.2, 0.25) is 0 Å². The summed E-state index contributed by atoms with van der Waals surface area (Å²) in [7, 11) is 1.84. The molecule has 0 amide bonds. The van der Waals surface area contributed by atoms with E-state index >= 15 is 0 Å². The van der Waals surface area contributed by atoms with Gasteiger partial charge in [0.2, 0.25) is 0 Å². The van der Waals surface area contributed by atoms with Crippen molar-refractivity contribution in [2.75, 3.05) is 0 Å². The zero-order chi connectivity index (χ0) is 10.7. The van der Waals surface area contributed by atoms with Crippen molar-refractivity contribution >= 4 is 5.97 Å². The summed E-state index contributed by atoms with van der Waals surface area (Å²) in [5, 5.41) is 15.7. The zero-order valence-electron chi connectivity index (χ0n) is 8.61. The summed E-state index contributed by atoms with van der Waals surface area (Å²) in [6, 6.07) is 1.40. The van der Waals surface area contributed by atoms with E-state index in [1.54, 1.807) is 11.6 Å². The lowest BCUT2D eigenvalue weighted by Gasteiger charge is -2.08. The first-order valence-electron chi connectivity index (χ1n) is 4.46. The molecule has 0 aliphatic carbocycles. The molecule has 78 valence electrons. The number of nitrogens with one attached hydrogen (secondary N) is 1. The number of aliphatic carboxylic acids is 1. The van der Waals surface area contributed by atoms with Gasteiger partial charge >= 0.3 is 5.97 Å². The maximum atomic E-state index is 10.5. The van der Waals surface area contributed by atoms with Crippen LogP contribution < -0.4 is 5.32 Å². The van der Waals surface area contributed by atoms with Gasteiger partial charge in [0.25, 0.3) is 0 Å². The first-order chi connectivity index (χ1) is 6.50. The van der Waals surface area contributed by atoms with E-state index in [-0.39, 0.29) is 0 Å². The molecule has 0 bridgehead atoms. The number of hydrogen-bond donors (Lipinski definition) is 2. The molecule has 2 N–H and O–H groups in total. The molecule has 14 heavy (non-hydrogen) atoms. The average molecular weight is 197 g/mol. The minimum absolute atomic E-state index is 0.519. The third-order valence-corrected chi connectivity index (χ3v) is 2.06. The highest BCUT2D eigenvalue weighted by Gasteiger charge is 2.10. The fourth-order valence-corrected chi connectivity index (χ4v) is 1.17. The summed E-state index contributed by atoms with van der Waals surface area (Å²) in [5.41, 5.74) is 1.92. The fraction of sp³-hybridized carbons (Fsp3) is 0.556. The highest BCUT2D eigenvalue weighted by atomic mass is 16.4. The van der Waals surface area contributed by atoms with E-state index in [2.05, 4.69) is 10.4 Å². The number of carboxylic acids is 1. The zero-order valence-corrected chi connectivity index (χ0v) is 8.61. The Bertz CT molecular complexity index is 333. The number of hydrogen-bond acceptors (Lipinski definition) is 3. The summed E-state index contributed by atoms with van der Waals surface area (Å²) >= 11 is 0. The lowest BCUT2D eigenvalue weighted by molar-refractivity contribution is -0.139. The Morgan fingerprint density at radius 2 is 2.43 bits per heavy atom. The van der Waals surface area contributed by atoms with E-state index in [1.165, 1.54) is 0 Å². The molecule has 0 spiro atoms. The van der Waals surface area contributed by atoms with Gasteiger partial charge in [0.15, 0.2) is 0 Å². The third-order valence-electron chi connectivity index (χ3n) is 2.06. The Balaban J connectivity index is 2.53. The summed E-state index contributed by atoms with van der Waals surface area (Å²) < 4.78 is 1.75. The Labute approximate surface area is 82.7 Å². The minimum atomic E-state index is -0.844. The van der Waals surface area contributed by atoms with E-state index in [0.29, 0.717) is 6.54 Å². The van der Waals surface area contributed by atoms with Crippen LogP contribution in [0.5, 0.6) is 0 Å². The smallest absolute Gasteiger partial charge is 0.320 e. The Hall–Kier alpha value is -1.36. The fourth-order valence-electron chi connectivity index (χ4n) is 1.17. The minimum Gasteiger partial charge on any atom is -0.480 e. The molecular weight excluding hydrogens is 182 g/mol. The SMILES string of the molecule is Cc1cc(CNC(C)C(=O)O)n(C)n1. The second-order valence-corrected chi connectivity index (χ2v) is 3.34. The van der Waals surface area contributed by atoms with Gasteiger partial charge in [-0.3, -0.25) is 14.8 Å². The van der Waals surface area contributed by atoms with Crippen molar-refractivity contribution in [3.8, 4) is 0 Å². The summed E-state index contributed by atoms with van der Waals surface area (Å²) in [5.74, 6) is -0.844. The standard InChI is InChI=1S/C9H15N3O2/c1-6-4-8(12(3)11-6)5-10-7(2)9(13)14/h4,7,10H,5H2,1-3H3,(H,13,14). The van der Waals surface area contributed by atoms with Crippen LogP contribution in [0, 0.1) is 6.92 Å². The largest absolute Gasteiger partial charge is 0.480 e. The van der Waals surface area contributed by atoms with Crippen molar-refractivity contribution in [1.29, 1.82) is 0 Å². The predicted molar refractivity (Wildman–Crippen MR) is 51.9 cm³/mol. The molecule has 0 aliphatic heterocycles. The molecular formula is C9H15N3O2. The number of nitrogens with zero attached hydrogens (tertiary/aromatic N) is 2. The quantitative estimate of drug-likeness (QED) is 0.728. The molecule has 0 aliphatic rings. The Morgan fingerprint density at radius 1 is 1.79 bits per heavy atom. The average Bonchev–Trinajstić information content (AvgIpc) is 2.40. The number of carboxylic acid groups (broad SMARTS) is 1. The molecule has 0 aromatic carbocycles. The maximum absolute atomic E-state index is 10.5. The number of rotatable bonds is 4. The van der Waals surface area contributed by atoms with Gasteiger partial charge in [-0.1, -0.05) is 0 Å². The van der Waals surface area contributed by atoms with Crippen molar-refractivity contribution in [3.05, 3.63) is 17.5 Å².